The van der Waals surface area contributed by atoms with Crippen LogP contribution in [0.4, 0.5) is 11.4 Å². The summed E-state index contributed by atoms with van der Waals surface area (Å²) in [7, 11) is 0. The standard InChI is InChI=1S/C36H40N2O4/c1-27(2)25-41-33-19-15-29(16-20-33)35(39)37(31-11-7-5-8-12-31)23-24-38(32-13-9-6-10-14-32)36(40)30-17-21-34(22-18-30)42-26-28(3)4/h5-22,27-28H,23-26H2,1-4H3. The average Bonchev–Trinajstić information content (AvgIpc) is 3.02. The molecule has 0 heterocycles. The molecule has 0 aromatic heterocycles. The summed E-state index contributed by atoms with van der Waals surface area (Å²) in [5, 5.41) is 0. The van der Waals surface area contributed by atoms with Crippen LogP contribution in [0.25, 0.3) is 0 Å². The van der Waals surface area contributed by atoms with Crippen LogP contribution in [0.5, 0.6) is 11.5 Å². The lowest BCUT2D eigenvalue weighted by atomic mass is 10.1. The number of hydrogen-bond donors (Lipinski definition) is 0. The zero-order chi connectivity index (χ0) is 29.9. The summed E-state index contributed by atoms with van der Waals surface area (Å²) in [5.41, 5.74) is 2.61. The van der Waals surface area contributed by atoms with Gasteiger partial charge in [0.25, 0.3) is 11.8 Å². The second-order valence-electron chi connectivity index (χ2n) is 11.0. The van der Waals surface area contributed by atoms with Gasteiger partial charge in [-0.15, -0.1) is 0 Å². The van der Waals surface area contributed by atoms with E-state index < -0.39 is 0 Å². The highest BCUT2D eigenvalue weighted by molar-refractivity contribution is 6.08. The zero-order valence-corrected chi connectivity index (χ0v) is 24.9. The monoisotopic (exact) mass is 564 g/mol. The number of nitrogens with zero attached hydrogens (tertiary/aromatic N) is 2. The van der Waals surface area contributed by atoms with Gasteiger partial charge in [0, 0.05) is 35.6 Å². The normalized spacial score (nSPS) is 10.9. The summed E-state index contributed by atoms with van der Waals surface area (Å²) < 4.78 is 11.6. The molecule has 0 aliphatic carbocycles. The molecule has 0 radical (unpaired) electrons. The van der Waals surface area contributed by atoms with Gasteiger partial charge in [0.15, 0.2) is 0 Å². The predicted molar refractivity (Wildman–Crippen MR) is 170 cm³/mol. The minimum atomic E-state index is -0.149. The van der Waals surface area contributed by atoms with Gasteiger partial charge < -0.3 is 19.3 Å². The van der Waals surface area contributed by atoms with Crippen LogP contribution >= 0.6 is 0 Å². The van der Waals surface area contributed by atoms with Gasteiger partial charge in [0.05, 0.1) is 13.2 Å². The number of carbonyl (C=O) groups is 2. The van der Waals surface area contributed by atoms with Crippen molar-refractivity contribution in [3.8, 4) is 11.5 Å². The van der Waals surface area contributed by atoms with E-state index in [1.165, 1.54) is 0 Å². The smallest absolute Gasteiger partial charge is 0.258 e. The van der Waals surface area contributed by atoms with Crippen LogP contribution in [0.3, 0.4) is 0 Å². The van der Waals surface area contributed by atoms with Gasteiger partial charge in [-0.3, -0.25) is 9.59 Å². The van der Waals surface area contributed by atoms with E-state index in [9.17, 15) is 9.59 Å². The number of rotatable bonds is 13. The lowest BCUT2D eigenvalue weighted by Crippen LogP contribution is -2.41. The maximum Gasteiger partial charge on any atom is 0.258 e. The Bertz CT molecular complexity index is 1290. The number of carbonyl (C=O) groups excluding carboxylic acids is 2. The van der Waals surface area contributed by atoms with E-state index in [0.29, 0.717) is 49.3 Å². The molecule has 0 atom stereocenters. The fourth-order valence-electron chi connectivity index (χ4n) is 4.34. The van der Waals surface area contributed by atoms with Gasteiger partial charge in [0.2, 0.25) is 0 Å². The van der Waals surface area contributed by atoms with Gasteiger partial charge in [0.1, 0.15) is 11.5 Å². The number of ether oxygens (including phenoxy) is 2. The number of benzene rings is 4. The van der Waals surface area contributed by atoms with Crippen LogP contribution in [0.15, 0.2) is 109 Å². The molecule has 4 aromatic rings. The summed E-state index contributed by atoms with van der Waals surface area (Å²) >= 11 is 0. The number of hydrogen-bond acceptors (Lipinski definition) is 4. The molecule has 218 valence electrons. The molecule has 0 unspecified atom stereocenters. The third kappa shape index (κ3) is 8.46. The van der Waals surface area contributed by atoms with Crippen molar-refractivity contribution in [1.82, 2.24) is 0 Å². The van der Waals surface area contributed by atoms with E-state index in [2.05, 4.69) is 27.7 Å². The molecule has 0 N–H and O–H groups in total. The Hall–Kier alpha value is -4.58. The van der Waals surface area contributed by atoms with E-state index in [4.69, 9.17) is 9.47 Å². The molecule has 6 nitrogen and oxygen atoms in total. The molecule has 0 saturated carbocycles. The molecular weight excluding hydrogens is 524 g/mol. The van der Waals surface area contributed by atoms with Gasteiger partial charge in [-0.2, -0.15) is 0 Å². The van der Waals surface area contributed by atoms with E-state index in [-0.39, 0.29) is 11.8 Å². The van der Waals surface area contributed by atoms with Crippen LogP contribution in [0.2, 0.25) is 0 Å². The fraction of sp³-hybridized carbons (Fsp3) is 0.278. The Balaban J connectivity index is 1.56. The van der Waals surface area contributed by atoms with Crippen LogP contribution < -0.4 is 19.3 Å². The highest BCUT2D eigenvalue weighted by Gasteiger charge is 2.23. The summed E-state index contributed by atoms with van der Waals surface area (Å²) in [6.45, 7) is 10.2. The van der Waals surface area contributed by atoms with Crippen molar-refractivity contribution < 1.29 is 19.1 Å². The van der Waals surface area contributed by atoms with E-state index >= 15 is 0 Å². The lowest BCUT2D eigenvalue weighted by molar-refractivity contribution is 0.0968. The van der Waals surface area contributed by atoms with Crippen molar-refractivity contribution in [2.45, 2.75) is 27.7 Å². The average molecular weight is 565 g/mol. The molecule has 4 aromatic carbocycles. The molecule has 0 bridgehead atoms. The Morgan fingerprint density at radius 2 is 0.857 bits per heavy atom. The number of amides is 2. The van der Waals surface area contributed by atoms with Crippen molar-refractivity contribution >= 4 is 23.2 Å². The largest absolute Gasteiger partial charge is 0.493 e. The summed E-state index contributed by atoms with van der Waals surface area (Å²) in [6, 6.07) is 33.5. The Morgan fingerprint density at radius 3 is 1.17 bits per heavy atom. The zero-order valence-electron chi connectivity index (χ0n) is 24.9. The summed E-state index contributed by atoms with van der Waals surface area (Å²) in [4.78, 5) is 31.1. The topological polar surface area (TPSA) is 59.1 Å². The van der Waals surface area contributed by atoms with Gasteiger partial charge >= 0.3 is 0 Å². The third-order valence-corrected chi connectivity index (χ3v) is 6.54. The molecule has 0 spiro atoms. The minimum Gasteiger partial charge on any atom is -0.493 e. The van der Waals surface area contributed by atoms with Crippen LogP contribution in [-0.4, -0.2) is 38.1 Å². The second kappa shape index (κ2) is 14.9. The van der Waals surface area contributed by atoms with Crippen molar-refractivity contribution in [3.63, 3.8) is 0 Å². The first kappa shape index (κ1) is 30.4. The second-order valence-corrected chi connectivity index (χ2v) is 11.0. The van der Waals surface area contributed by atoms with E-state index in [1.807, 2.05) is 84.9 Å². The predicted octanol–water partition coefficient (Wildman–Crippen LogP) is 7.75. The van der Waals surface area contributed by atoms with Crippen LogP contribution in [0.1, 0.15) is 48.4 Å². The van der Waals surface area contributed by atoms with Crippen molar-refractivity contribution in [2.75, 3.05) is 36.1 Å². The molecule has 0 aliphatic heterocycles. The number of anilines is 2. The Kier molecular flexibility index (Phi) is 10.8. The highest BCUT2D eigenvalue weighted by atomic mass is 16.5. The van der Waals surface area contributed by atoms with Gasteiger partial charge in [-0.1, -0.05) is 64.1 Å². The first-order chi connectivity index (χ1) is 20.3. The molecular formula is C36H40N2O4. The first-order valence-electron chi connectivity index (χ1n) is 14.5. The van der Waals surface area contributed by atoms with Crippen LogP contribution in [0, 0.1) is 11.8 Å². The Labute approximate surface area is 249 Å². The van der Waals surface area contributed by atoms with Crippen LogP contribution in [-0.2, 0) is 0 Å². The fourth-order valence-corrected chi connectivity index (χ4v) is 4.34. The minimum absolute atomic E-state index is 0.149. The highest BCUT2D eigenvalue weighted by Crippen LogP contribution is 2.23. The quantitative estimate of drug-likeness (QED) is 0.167. The molecule has 0 aliphatic rings. The lowest BCUT2D eigenvalue weighted by Gasteiger charge is -2.28. The van der Waals surface area contributed by atoms with Gasteiger partial charge in [-0.05, 0) is 84.6 Å². The van der Waals surface area contributed by atoms with Crippen molar-refractivity contribution in [2.24, 2.45) is 11.8 Å². The Morgan fingerprint density at radius 1 is 0.524 bits per heavy atom. The van der Waals surface area contributed by atoms with E-state index in [1.54, 1.807) is 34.1 Å². The molecule has 6 heteroatoms. The maximum absolute atomic E-state index is 13.8. The van der Waals surface area contributed by atoms with E-state index in [0.717, 1.165) is 22.9 Å². The van der Waals surface area contributed by atoms with Crippen molar-refractivity contribution in [1.29, 1.82) is 0 Å². The maximum atomic E-state index is 13.8. The first-order valence-corrected chi connectivity index (χ1v) is 14.5. The van der Waals surface area contributed by atoms with Crippen molar-refractivity contribution in [3.05, 3.63) is 120 Å². The SMILES string of the molecule is CC(C)COc1ccc(C(=O)N(CCN(C(=O)c2ccc(OCC(C)C)cc2)c2ccccc2)c2ccccc2)cc1. The van der Waals surface area contributed by atoms with Gasteiger partial charge in [-0.25, -0.2) is 0 Å². The molecule has 2 amide bonds. The third-order valence-electron chi connectivity index (χ3n) is 6.54. The number of para-hydroxylation sites is 2. The molecule has 0 saturated heterocycles. The molecule has 0 fully saturated rings. The molecule has 4 rings (SSSR count). The summed E-state index contributed by atoms with van der Waals surface area (Å²) in [5.74, 6) is 1.98. The molecule has 42 heavy (non-hydrogen) atoms. The summed E-state index contributed by atoms with van der Waals surface area (Å²) in [6.07, 6.45) is 0.